The van der Waals surface area contributed by atoms with Gasteiger partial charge in [-0.1, -0.05) is 37.3 Å². The van der Waals surface area contributed by atoms with E-state index in [-0.39, 0.29) is 11.8 Å². The molecule has 0 spiro atoms. The summed E-state index contributed by atoms with van der Waals surface area (Å²) >= 11 is 1.69. The van der Waals surface area contributed by atoms with Gasteiger partial charge in [-0.25, -0.2) is 0 Å². The molecule has 0 aliphatic carbocycles. The van der Waals surface area contributed by atoms with E-state index in [2.05, 4.69) is 28.7 Å². The molecule has 2 aromatic rings. The second-order valence-corrected chi connectivity index (χ2v) is 5.48. The first kappa shape index (κ1) is 14.0. The topological polar surface area (TPSA) is 20.3 Å². The average molecular weight is 273 g/mol. The highest BCUT2D eigenvalue weighted by molar-refractivity contribution is 7.07. The molecule has 1 aromatic carbocycles. The Hall–Kier alpha value is -1.45. The molecule has 0 saturated heterocycles. The van der Waals surface area contributed by atoms with Gasteiger partial charge >= 0.3 is 0 Å². The van der Waals surface area contributed by atoms with Crippen molar-refractivity contribution in [1.29, 1.82) is 0 Å². The monoisotopic (exact) mass is 273 g/mol. The minimum absolute atomic E-state index is 0.0534. The van der Waals surface area contributed by atoms with Crippen LogP contribution in [0.1, 0.15) is 29.3 Å². The lowest BCUT2D eigenvalue weighted by Gasteiger charge is -2.25. The molecule has 0 saturated carbocycles. The molecule has 0 bridgehead atoms. The summed E-state index contributed by atoms with van der Waals surface area (Å²) in [5.74, 6) is 0.209. The summed E-state index contributed by atoms with van der Waals surface area (Å²) in [6.07, 6.45) is 0.828. The fraction of sp³-hybridized carbons (Fsp3) is 0.312. The van der Waals surface area contributed by atoms with Gasteiger partial charge in [-0.2, -0.15) is 11.3 Å². The summed E-state index contributed by atoms with van der Waals surface area (Å²) < 4.78 is 0. The number of hydrogen-bond donors (Lipinski definition) is 0. The third-order valence-corrected chi connectivity index (χ3v) is 4.02. The zero-order chi connectivity index (χ0) is 13.7. The van der Waals surface area contributed by atoms with E-state index >= 15 is 0 Å². The Balaban J connectivity index is 2.09. The van der Waals surface area contributed by atoms with Crippen molar-refractivity contribution in [3.8, 4) is 0 Å². The van der Waals surface area contributed by atoms with Crippen LogP contribution < -0.4 is 0 Å². The van der Waals surface area contributed by atoms with Crippen molar-refractivity contribution in [3.05, 3.63) is 58.3 Å². The van der Waals surface area contributed by atoms with E-state index in [9.17, 15) is 4.79 Å². The molecule has 0 aliphatic heterocycles. The average Bonchev–Trinajstić information content (AvgIpc) is 2.93. The van der Waals surface area contributed by atoms with Crippen LogP contribution in [0, 0.1) is 0 Å². The fourth-order valence-corrected chi connectivity index (χ4v) is 2.93. The Bertz CT molecular complexity index is 507. The van der Waals surface area contributed by atoms with E-state index in [1.165, 1.54) is 5.56 Å². The second kappa shape index (κ2) is 6.64. The zero-order valence-electron chi connectivity index (χ0n) is 11.4. The van der Waals surface area contributed by atoms with E-state index in [4.69, 9.17) is 0 Å². The van der Waals surface area contributed by atoms with Crippen LogP contribution >= 0.6 is 11.3 Å². The van der Waals surface area contributed by atoms with E-state index in [0.29, 0.717) is 0 Å². The van der Waals surface area contributed by atoms with Gasteiger partial charge in [0.15, 0.2) is 5.78 Å². The smallest absolute Gasteiger partial charge is 0.179 e. The van der Waals surface area contributed by atoms with Gasteiger partial charge in [-0.05, 0) is 35.9 Å². The molecule has 0 amide bonds. The van der Waals surface area contributed by atoms with E-state index in [0.717, 1.165) is 18.5 Å². The zero-order valence-corrected chi connectivity index (χ0v) is 12.2. The molecular weight excluding hydrogens is 254 g/mol. The summed E-state index contributed by atoms with van der Waals surface area (Å²) in [4.78, 5) is 14.6. The van der Waals surface area contributed by atoms with Gasteiger partial charge in [0.05, 0.1) is 6.04 Å². The van der Waals surface area contributed by atoms with Crippen molar-refractivity contribution in [3.63, 3.8) is 0 Å². The Morgan fingerprint density at radius 3 is 2.58 bits per heavy atom. The predicted octanol–water partition coefficient (Wildman–Crippen LogP) is 3.84. The quantitative estimate of drug-likeness (QED) is 0.745. The Morgan fingerprint density at radius 1 is 1.26 bits per heavy atom. The fourth-order valence-electron chi connectivity index (χ4n) is 2.27. The highest BCUT2D eigenvalue weighted by Crippen LogP contribution is 2.15. The first-order valence-electron chi connectivity index (χ1n) is 6.53. The number of rotatable bonds is 6. The minimum atomic E-state index is -0.0534. The maximum Gasteiger partial charge on any atom is 0.179 e. The molecule has 2 nitrogen and oxygen atoms in total. The lowest BCUT2D eigenvalue weighted by atomic mass is 10.0. The lowest BCUT2D eigenvalue weighted by Crippen LogP contribution is -2.37. The summed E-state index contributed by atoms with van der Waals surface area (Å²) in [5, 5.41) is 4.21. The Labute approximate surface area is 118 Å². The van der Waals surface area contributed by atoms with Crippen LogP contribution in [0.2, 0.25) is 0 Å². The van der Waals surface area contributed by atoms with Crippen molar-refractivity contribution in [2.24, 2.45) is 0 Å². The maximum atomic E-state index is 12.5. The number of thiophene rings is 1. The van der Waals surface area contributed by atoms with Gasteiger partial charge in [0, 0.05) is 12.1 Å². The molecular formula is C16H19NOS. The number of ketones is 1. The van der Waals surface area contributed by atoms with E-state index in [1.807, 2.05) is 37.4 Å². The Morgan fingerprint density at radius 2 is 2.00 bits per heavy atom. The molecule has 0 aliphatic rings. The van der Waals surface area contributed by atoms with Crippen molar-refractivity contribution in [1.82, 2.24) is 4.90 Å². The van der Waals surface area contributed by atoms with Crippen LogP contribution in [0.3, 0.4) is 0 Å². The summed E-state index contributed by atoms with van der Waals surface area (Å²) in [6.45, 7) is 2.89. The highest BCUT2D eigenvalue weighted by atomic mass is 32.1. The molecule has 0 fully saturated rings. The maximum absolute atomic E-state index is 12.5. The number of hydrogen-bond acceptors (Lipinski definition) is 3. The van der Waals surface area contributed by atoms with Crippen LogP contribution in [0.5, 0.6) is 0 Å². The summed E-state index contributed by atoms with van der Waals surface area (Å²) in [6, 6.07) is 11.6. The molecule has 0 radical (unpaired) electrons. The first-order chi connectivity index (χ1) is 9.22. The van der Waals surface area contributed by atoms with Crippen LogP contribution in [0.15, 0.2) is 47.2 Å². The van der Waals surface area contributed by atoms with Crippen molar-refractivity contribution in [2.75, 3.05) is 7.05 Å². The number of nitrogens with zero attached hydrogens (tertiary/aromatic N) is 1. The van der Waals surface area contributed by atoms with Crippen molar-refractivity contribution >= 4 is 17.1 Å². The third kappa shape index (κ3) is 3.52. The van der Waals surface area contributed by atoms with Crippen molar-refractivity contribution in [2.45, 2.75) is 25.9 Å². The van der Waals surface area contributed by atoms with E-state index < -0.39 is 0 Å². The van der Waals surface area contributed by atoms with Crippen LogP contribution in [-0.2, 0) is 6.54 Å². The van der Waals surface area contributed by atoms with E-state index in [1.54, 1.807) is 11.3 Å². The second-order valence-electron chi connectivity index (χ2n) is 4.70. The molecule has 19 heavy (non-hydrogen) atoms. The molecule has 1 atom stereocenters. The standard InChI is InChI=1S/C16H19NOS/c1-3-15(16(18)14-7-5-4-6-8-14)17(2)11-13-9-10-19-12-13/h4-10,12,15H,3,11H2,1-2H3. The van der Waals surface area contributed by atoms with Crippen LogP contribution in [0.25, 0.3) is 0 Å². The van der Waals surface area contributed by atoms with Crippen LogP contribution in [0.4, 0.5) is 0 Å². The normalized spacial score (nSPS) is 12.6. The molecule has 2 rings (SSSR count). The number of carbonyl (C=O) groups excluding carboxylic acids is 1. The van der Waals surface area contributed by atoms with Gasteiger partial charge < -0.3 is 0 Å². The number of benzene rings is 1. The lowest BCUT2D eigenvalue weighted by molar-refractivity contribution is 0.0838. The first-order valence-corrected chi connectivity index (χ1v) is 7.47. The molecule has 3 heteroatoms. The summed E-state index contributed by atoms with van der Waals surface area (Å²) in [7, 11) is 2.02. The minimum Gasteiger partial charge on any atom is -0.292 e. The van der Waals surface area contributed by atoms with Gasteiger partial charge in [0.25, 0.3) is 0 Å². The molecule has 1 heterocycles. The number of Topliss-reactive ketones (excluding diaryl/α,β-unsaturated/α-hetero) is 1. The summed E-state index contributed by atoms with van der Waals surface area (Å²) in [5.41, 5.74) is 2.07. The molecule has 100 valence electrons. The van der Waals surface area contributed by atoms with Crippen molar-refractivity contribution < 1.29 is 4.79 Å². The van der Waals surface area contributed by atoms with Gasteiger partial charge in [-0.3, -0.25) is 9.69 Å². The van der Waals surface area contributed by atoms with Gasteiger partial charge in [0.1, 0.15) is 0 Å². The molecule has 0 N–H and O–H groups in total. The number of carbonyl (C=O) groups is 1. The van der Waals surface area contributed by atoms with Gasteiger partial charge in [-0.15, -0.1) is 0 Å². The number of likely N-dealkylation sites (N-methyl/N-ethyl adjacent to an activating group) is 1. The third-order valence-electron chi connectivity index (χ3n) is 3.29. The Kier molecular flexibility index (Phi) is 4.88. The largest absolute Gasteiger partial charge is 0.292 e. The molecule has 1 aromatic heterocycles. The SMILES string of the molecule is CCC(C(=O)c1ccccc1)N(C)Cc1ccsc1. The predicted molar refractivity (Wildman–Crippen MR) is 80.6 cm³/mol. The van der Waals surface area contributed by atoms with Crippen LogP contribution in [-0.4, -0.2) is 23.8 Å². The molecule has 1 unspecified atom stereocenters. The van der Waals surface area contributed by atoms with Gasteiger partial charge in [0.2, 0.25) is 0 Å². The highest BCUT2D eigenvalue weighted by Gasteiger charge is 2.22.